The van der Waals surface area contributed by atoms with Gasteiger partial charge in [-0.2, -0.15) is 0 Å². The van der Waals surface area contributed by atoms with Crippen LogP contribution >= 0.6 is 0 Å². The van der Waals surface area contributed by atoms with Crippen molar-refractivity contribution in [2.24, 2.45) is 0 Å². The largest absolute Gasteiger partial charge is 0.494 e. The number of rotatable bonds is 4. The molecule has 0 spiro atoms. The molecular weight excluding hydrogens is 255 g/mol. The highest BCUT2D eigenvalue weighted by molar-refractivity contribution is 5.31. The van der Waals surface area contributed by atoms with Gasteiger partial charge in [-0.3, -0.25) is 4.90 Å². The molecule has 1 aromatic rings. The minimum Gasteiger partial charge on any atom is -0.494 e. The Kier molecular flexibility index (Phi) is 3.94. The number of nitrogens with zero attached hydrogens (tertiary/aromatic N) is 1. The quantitative estimate of drug-likeness (QED) is 0.916. The van der Waals surface area contributed by atoms with Crippen molar-refractivity contribution < 1.29 is 9.13 Å². The van der Waals surface area contributed by atoms with Gasteiger partial charge < -0.3 is 10.1 Å². The second-order valence-corrected chi connectivity index (χ2v) is 6.11. The summed E-state index contributed by atoms with van der Waals surface area (Å²) >= 11 is 0. The molecule has 2 saturated heterocycles. The number of ether oxygens (including phenoxy) is 1. The number of methoxy groups -OCH3 is 1. The second-order valence-electron chi connectivity index (χ2n) is 6.11. The fraction of sp³-hybridized carbons (Fsp3) is 0.625. The number of fused-ring (bicyclic) bond motifs is 2. The van der Waals surface area contributed by atoms with Gasteiger partial charge >= 0.3 is 0 Å². The molecule has 2 bridgehead atoms. The molecule has 2 heterocycles. The van der Waals surface area contributed by atoms with Gasteiger partial charge in [-0.25, -0.2) is 4.39 Å². The molecule has 0 aliphatic carbocycles. The minimum atomic E-state index is -0.223. The molecule has 2 atom stereocenters. The van der Waals surface area contributed by atoms with E-state index in [2.05, 4.69) is 17.3 Å². The monoisotopic (exact) mass is 278 g/mol. The molecule has 2 fully saturated rings. The van der Waals surface area contributed by atoms with E-state index in [9.17, 15) is 4.39 Å². The molecule has 20 heavy (non-hydrogen) atoms. The molecule has 2 aliphatic rings. The maximum atomic E-state index is 14.2. The third-order valence-electron chi connectivity index (χ3n) is 4.75. The van der Waals surface area contributed by atoms with Crippen molar-refractivity contribution in [2.75, 3.05) is 14.2 Å². The van der Waals surface area contributed by atoms with Crippen molar-refractivity contribution >= 4 is 0 Å². The van der Waals surface area contributed by atoms with Crippen LogP contribution < -0.4 is 10.1 Å². The van der Waals surface area contributed by atoms with Crippen LogP contribution in [0.5, 0.6) is 5.75 Å². The van der Waals surface area contributed by atoms with Crippen LogP contribution in [-0.2, 0) is 6.54 Å². The van der Waals surface area contributed by atoms with Crippen LogP contribution in [0.4, 0.5) is 4.39 Å². The van der Waals surface area contributed by atoms with Gasteiger partial charge in [-0.05, 0) is 38.8 Å². The van der Waals surface area contributed by atoms with Crippen molar-refractivity contribution in [3.05, 3.63) is 29.6 Å². The normalized spacial score (nSPS) is 28.9. The first-order chi connectivity index (χ1) is 9.67. The van der Waals surface area contributed by atoms with E-state index in [1.165, 1.54) is 32.8 Å². The first kappa shape index (κ1) is 13.8. The third-order valence-corrected chi connectivity index (χ3v) is 4.75. The molecule has 2 unspecified atom stereocenters. The van der Waals surface area contributed by atoms with E-state index in [0.29, 0.717) is 30.4 Å². The minimum absolute atomic E-state index is 0.223. The summed E-state index contributed by atoms with van der Waals surface area (Å²) in [6.45, 7) is 0.646. The summed E-state index contributed by atoms with van der Waals surface area (Å²) in [5.41, 5.74) is 0.720. The first-order valence-corrected chi connectivity index (χ1v) is 7.45. The van der Waals surface area contributed by atoms with Gasteiger partial charge in [0.25, 0.3) is 0 Å². The molecule has 3 nitrogen and oxygen atoms in total. The molecule has 3 rings (SSSR count). The molecule has 0 radical (unpaired) electrons. The van der Waals surface area contributed by atoms with Crippen molar-refractivity contribution in [3.63, 3.8) is 0 Å². The van der Waals surface area contributed by atoms with E-state index in [-0.39, 0.29) is 5.82 Å². The van der Waals surface area contributed by atoms with Crippen LogP contribution in [0.2, 0.25) is 0 Å². The van der Waals surface area contributed by atoms with Gasteiger partial charge in [0.05, 0.1) is 7.11 Å². The lowest BCUT2D eigenvalue weighted by molar-refractivity contribution is 0.164. The predicted molar refractivity (Wildman–Crippen MR) is 77.4 cm³/mol. The number of hydrogen-bond acceptors (Lipinski definition) is 3. The van der Waals surface area contributed by atoms with Gasteiger partial charge in [-0.15, -0.1) is 0 Å². The van der Waals surface area contributed by atoms with Gasteiger partial charge in [0.1, 0.15) is 0 Å². The van der Waals surface area contributed by atoms with Crippen molar-refractivity contribution in [1.29, 1.82) is 0 Å². The Morgan fingerprint density at radius 2 is 2.00 bits per heavy atom. The van der Waals surface area contributed by atoms with Gasteiger partial charge in [0.15, 0.2) is 11.6 Å². The lowest BCUT2D eigenvalue weighted by Gasteiger charge is -2.35. The third kappa shape index (κ3) is 2.67. The van der Waals surface area contributed by atoms with Gasteiger partial charge in [0.2, 0.25) is 0 Å². The summed E-state index contributed by atoms with van der Waals surface area (Å²) < 4.78 is 19.3. The lowest BCUT2D eigenvalue weighted by Crippen LogP contribution is -2.46. The summed E-state index contributed by atoms with van der Waals surface area (Å²) in [7, 11) is 3.62. The zero-order chi connectivity index (χ0) is 14.1. The molecule has 110 valence electrons. The number of benzene rings is 1. The standard InChI is InChI=1S/C16H23FN2O/c1-19(14-8-12-6-7-13(9-14)18-12)10-11-4-3-5-15(20-2)16(11)17/h3-5,12-14,18H,6-10H2,1-2H3. The van der Waals surface area contributed by atoms with Gasteiger partial charge in [0, 0.05) is 30.2 Å². The smallest absolute Gasteiger partial charge is 0.169 e. The molecule has 0 amide bonds. The Hall–Kier alpha value is -1.13. The second kappa shape index (κ2) is 5.70. The fourth-order valence-electron chi connectivity index (χ4n) is 3.62. The molecule has 0 saturated carbocycles. The van der Waals surface area contributed by atoms with Crippen LogP contribution in [0.3, 0.4) is 0 Å². The summed E-state index contributed by atoms with van der Waals surface area (Å²) in [5.74, 6) is 0.111. The highest BCUT2D eigenvalue weighted by Gasteiger charge is 2.35. The number of piperidine rings is 1. The Morgan fingerprint density at radius 3 is 2.65 bits per heavy atom. The maximum absolute atomic E-state index is 14.2. The Morgan fingerprint density at radius 1 is 1.30 bits per heavy atom. The van der Waals surface area contributed by atoms with E-state index in [1.54, 1.807) is 6.07 Å². The van der Waals surface area contributed by atoms with Crippen molar-refractivity contribution in [2.45, 2.75) is 50.4 Å². The van der Waals surface area contributed by atoms with E-state index in [1.807, 2.05) is 12.1 Å². The average Bonchev–Trinajstić information content (AvgIpc) is 2.79. The summed E-state index contributed by atoms with van der Waals surface area (Å²) in [6.07, 6.45) is 4.95. The predicted octanol–water partition coefficient (Wildman–Crippen LogP) is 2.55. The van der Waals surface area contributed by atoms with Crippen LogP contribution in [-0.4, -0.2) is 37.2 Å². The molecular formula is C16H23FN2O. The van der Waals surface area contributed by atoms with E-state index in [0.717, 1.165) is 5.56 Å². The van der Waals surface area contributed by atoms with Crippen molar-refractivity contribution in [3.8, 4) is 5.75 Å². The fourth-order valence-corrected chi connectivity index (χ4v) is 3.62. The zero-order valence-corrected chi connectivity index (χ0v) is 12.2. The zero-order valence-electron chi connectivity index (χ0n) is 12.2. The average molecular weight is 278 g/mol. The summed E-state index contributed by atoms with van der Waals surface area (Å²) in [6, 6.07) is 7.26. The lowest BCUT2D eigenvalue weighted by atomic mass is 9.98. The van der Waals surface area contributed by atoms with Gasteiger partial charge in [-0.1, -0.05) is 12.1 Å². The Bertz CT molecular complexity index is 468. The van der Waals surface area contributed by atoms with Crippen molar-refractivity contribution in [1.82, 2.24) is 10.2 Å². The SMILES string of the molecule is COc1cccc(CN(C)C2CC3CCC(C2)N3)c1F. The van der Waals surface area contributed by atoms with E-state index < -0.39 is 0 Å². The Labute approximate surface area is 120 Å². The van der Waals surface area contributed by atoms with E-state index in [4.69, 9.17) is 4.74 Å². The Balaban J connectivity index is 1.68. The first-order valence-electron chi connectivity index (χ1n) is 7.45. The number of halogens is 1. The summed E-state index contributed by atoms with van der Waals surface area (Å²) in [5, 5.41) is 3.65. The van der Waals surface area contributed by atoms with Crippen LogP contribution in [0.15, 0.2) is 18.2 Å². The highest BCUT2D eigenvalue weighted by atomic mass is 19.1. The molecule has 1 N–H and O–H groups in total. The highest BCUT2D eigenvalue weighted by Crippen LogP contribution is 2.30. The van der Waals surface area contributed by atoms with Crippen LogP contribution in [0.1, 0.15) is 31.2 Å². The molecule has 4 heteroatoms. The molecule has 0 aromatic heterocycles. The topological polar surface area (TPSA) is 24.5 Å². The van der Waals surface area contributed by atoms with Crippen LogP contribution in [0.25, 0.3) is 0 Å². The maximum Gasteiger partial charge on any atom is 0.169 e. The van der Waals surface area contributed by atoms with E-state index >= 15 is 0 Å². The molecule has 1 aromatic carbocycles. The number of nitrogens with one attached hydrogen (secondary N) is 1. The summed E-state index contributed by atoms with van der Waals surface area (Å²) in [4.78, 5) is 2.30. The van der Waals surface area contributed by atoms with Crippen LogP contribution in [0, 0.1) is 5.82 Å². The molecule has 2 aliphatic heterocycles. The number of hydrogen-bond donors (Lipinski definition) is 1.